The summed E-state index contributed by atoms with van der Waals surface area (Å²) < 4.78 is 38.3. The molecule has 0 heterocycles. The van der Waals surface area contributed by atoms with Crippen LogP contribution in [0.2, 0.25) is 5.31 Å². The second-order valence-electron chi connectivity index (χ2n) is 9.93. The summed E-state index contributed by atoms with van der Waals surface area (Å²) in [5.41, 5.74) is 0.188. The first-order chi connectivity index (χ1) is 16.2. The third-order valence-electron chi connectivity index (χ3n) is 4.84. The van der Waals surface area contributed by atoms with Crippen LogP contribution in [0.3, 0.4) is 0 Å². The van der Waals surface area contributed by atoms with E-state index in [2.05, 4.69) is 32.6 Å². The van der Waals surface area contributed by atoms with Gasteiger partial charge in [-0.25, -0.2) is 0 Å². The Morgan fingerprint density at radius 3 is 1.35 bits per heavy atom. The van der Waals surface area contributed by atoms with Crippen LogP contribution in [-0.4, -0.2) is 125 Å². The molecule has 202 valence electrons. The van der Waals surface area contributed by atoms with Crippen LogP contribution in [0.5, 0.6) is 0 Å². The van der Waals surface area contributed by atoms with Crippen LogP contribution in [-0.2, 0) is 33.2 Å². The molecule has 34 heavy (non-hydrogen) atoms. The fourth-order valence-corrected chi connectivity index (χ4v) is 3.51. The number of ether oxygens (including phenoxy) is 7. The lowest BCUT2D eigenvalue weighted by atomic mass is 9.63. The van der Waals surface area contributed by atoms with Crippen molar-refractivity contribution in [1.29, 1.82) is 0 Å². The minimum atomic E-state index is -0.318. The van der Waals surface area contributed by atoms with Crippen LogP contribution in [0.4, 0.5) is 0 Å². The van der Waals surface area contributed by atoms with E-state index in [1.807, 2.05) is 6.92 Å². The lowest BCUT2D eigenvalue weighted by Crippen LogP contribution is -2.30. The van der Waals surface area contributed by atoms with Gasteiger partial charge in [0.25, 0.3) is 0 Å². The Bertz CT molecular complexity index is 436. The topological polar surface area (TPSA) is 67.9 Å². The zero-order chi connectivity index (χ0) is 25.5. The van der Waals surface area contributed by atoms with Crippen LogP contribution in [0.15, 0.2) is 0 Å². The van der Waals surface area contributed by atoms with Crippen molar-refractivity contribution in [3.8, 4) is 0 Å². The van der Waals surface area contributed by atoms with Crippen LogP contribution in [0.25, 0.3) is 0 Å². The molecule has 1 unspecified atom stereocenters. The molecule has 0 saturated carbocycles. The quantitative estimate of drug-likeness (QED) is 0.143. The predicted molar refractivity (Wildman–Crippen MR) is 137 cm³/mol. The Balaban J connectivity index is 3.27. The summed E-state index contributed by atoms with van der Waals surface area (Å²) in [5.74, 6) is 0. The third kappa shape index (κ3) is 24.9. The highest BCUT2D eigenvalue weighted by Gasteiger charge is 2.25. The van der Waals surface area contributed by atoms with Gasteiger partial charge < -0.3 is 33.2 Å². The Kier molecular flexibility index (Phi) is 21.8. The average molecular weight is 490 g/mol. The summed E-state index contributed by atoms with van der Waals surface area (Å²) >= 11 is 0. The van der Waals surface area contributed by atoms with Gasteiger partial charge in [0.1, 0.15) is 0 Å². The molecule has 0 aliphatic rings. The first kappa shape index (κ1) is 33.7. The monoisotopic (exact) mass is 489 g/mol. The molecule has 1 atom stereocenters. The van der Waals surface area contributed by atoms with E-state index in [9.17, 15) is 0 Å². The smallest absolute Gasteiger partial charge is 0.0774 e. The summed E-state index contributed by atoms with van der Waals surface area (Å²) in [6.07, 6.45) is 0.908. The van der Waals surface area contributed by atoms with Gasteiger partial charge in [-0.2, -0.15) is 0 Å². The highest BCUT2D eigenvalue weighted by Crippen LogP contribution is 2.36. The molecule has 0 spiro atoms. The Hall–Kier alpha value is -0.255. The van der Waals surface area contributed by atoms with E-state index in [1.54, 1.807) is 7.11 Å². The summed E-state index contributed by atoms with van der Waals surface area (Å²) in [7, 11) is 8.01. The Labute approximate surface area is 210 Å². The average Bonchev–Trinajstić information content (AvgIpc) is 2.75. The fraction of sp³-hybridized carbons (Fsp3) is 1.00. The first-order valence-electron chi connectivity index (χ1n) is 12.7. The zero-order valence-corrected chi connectivity index (χ0v) is 22.9. The van der Waals surface area contributed by atoms with E-state index in [4.69, 9.17) is 41.0 Å². The van der Waals surface area contributed by atoms with Crippen LogP contribution in [0.1, 0.15) is 41.0 Å². The number of hydrogen-bond acceptors (Lipinski definition) is 8. The molecule has 0 fully saturated rings. The maximum absolute atomic E-state index is 6.28. The molecule has 0 aliphatic heterocycles. The van der Waals surface area contributed by atoms with Crippen molar-refractivity contribution in [2.24, 2.45) is 5.41 Å². The number of hydrogen-bond donors (Lipinski definition) is 0. The van der Waals surface area contributed by atoms with Crippen molar-refractivity contribution in [1.82, 2.24) is 4.90 Å². The Morgan fingerprint density at radius 1 is 0.588 bits per heavy atom. The zero-order valence-electron chi connectivity index (χ0n) is 22.9. The largest absolute Gasteiger partial charge is 0.383 e. The van der Waals surface area contributed by atoms with Crippen molar-refractivity contribution in [3.63, 3.8) is 0 Å². The van der Waals surface area contributed by atoms with Gasteiger partial charge in [-0.15, -0.1) is 0 Å². The molecule has 0 aromatic heterocycles. The SMILES string of the molecule is [B]C(C)(COCCOCCOCCOCCOCCOCCN(CC)CCOC)CC(C)(C)C. The molecule has 0 aromatic rings. The van der Waals surface area contributed by atoms with Crippen LogP contribution in [0, 0.1) is 5.41 Å². The molecule has 0 saturated heterocycles. The van der Waals surface area contributed by atoms with E-state index in [0.29, 0.717) is 79.3 Å². The molecule has 0 N–H and O–H groups in total. The van der Waals surface area contributed by atoms with E-state index in [-0.39, 0.29) is 10.7 Å². The second-order valence-corrected chi connectivity index (χ2v) is 9.93. The number of rotatable bonds is 25. The van der Waals surface area contributed by atoms with Gasteiger partial charge in [0.15, 0.2) is 0 Å². The van der Waals surface area contributed by atoms with Crippen molar-refractivity contribution in [2.45, 2.75) is 46.4 Å². The minimum Gasteiger partial charge on any atom is -0.383 e. The third-order valence-corrected chi connectivity index (χ3v) is 4.84. The van der Waals surface area contributed by atoms with Gasteiger partial charge in [0, 0.05) is 26.8 Å². The molecule has 0 aromatic carbocycles. The lowest BCUT2D eigenvalue weighted by molar-refractivity contribution is -0.0190. The van der Waals surface area contributed by atoms with Gasteiger partial charge in [0.2, 0.25) is 0 Å². The van der Waals surface area contributed by atoms with Gasteiger partial charge in [0.05, 0.1) is 87.1 Å². The van der Waals surface area contributed by atoms with E-state index >= 15 is 0 Å². The molecule has 0 bridgehead atoms. The maximum Gasteiger partial charge on any atom is 0.0774 e. The fourth-order valence-electron chi connectivity index (χ4n) is 3.51. The molecule has 8 nitrogen and oxygen atoms in total. The maximum atomic E-state index is 6.28. The predicted octanol–water partition coefficient (Wildman–Crippen LogP) is 2.84. The summed E-state index contributed by atoms with van der Waals surface area (Å²) in [4.78, 5) is 2.30. The lowest BCUT2D eigenvalue weighted by Gasteiger charge is -2.32. The van der Waals surface area contributed by atoms with Gasteiger partial charge in [-0.1, -0.05) is 34.6 Å². The van der Waals surface area contributed by atoms with E-state index in [0.717, 1.165) is 32.7 Å². The first-order valence-corrected chi connectivity index (χ1v) is 12.7. The molecule has 0 aliphatic carbocycles. The molecular formula is C25H52BNO7. The molecular weight excluding hydrogens is 437 g/mol. The highest BCUT2D eigenvalue weighted by atomic mass is 16.6. The van der Waals surface area contributed by atoms with Gasteiger partial charge in [-0.3, -0.25) is 4.90 Å². The summed E-state index contributed by atoms with van der Waals surface area (Å²) in [6.45, 7) is 21.1. The molecule has 2 radical (unpaired) electrons. The van der Waals surface area contributed by atoms with Crippen LogP contribution < -0.4 is 0 Å². The highest BCUT2D eigenvalue weighted by molar-refractivity contribution is 6.15. The second kappa shape index (κ2) is 22.0. The normalized spacial score (nSPS) is 14.1. The number of likely N-dealkylation sites (N-methyl/N-ethyl adjacent to an activating group) is 1. The number of nitrogens with zero attached hydrogens (tertiary/aromatic N) is 1. The van der Waals surface area contributed by atoms with E-state index in [1.165, 1.54) is 0 Å². The molecule has 0 rings (SSSR count). The van der Waals surface area contributed by atoms with Gasteiger partial charge >= 0.3 is 0 Å². The van der Waals surface area contributed by atoms with Crippen molar-refractivity contribution in [2.75, 3.05) is 113 Å². The summed E-state index contributed by atoms with van der Waals surface area (Å²) in [5, 5.41) is -0.318. The molecule has 0 amide bonds. The van der Waals surface area contributed by atoms with Crippen molar-refractivity contribution < 1.29 is 33.2 Å². The van der Waals surface area contributed by atoms with Gasteiger partial charge in [-0.05, 0) is 23.7 Å². The summed E-state index contributed by atoms with van der Waals surface area (Å²) in [6, 6.07) is 0. The minimum absolute atomic E-state index is 0.188. The van der Waals surface area contributed by atoms with E-state index < -0.39 is 0 Å². The van der Waals surface area contributed by atoms with Crippen LogP contribution >= 0.6 is 0 Å². The van der Waals surface area contributed by atoms with Crippen molar-refractivity contribution in [3.05, 3.63) is 0 Å². The molecule has 9 heteroatoms. The standard InChI is InChI=1S/C25H52BNO7/c1-7-27(8-10-28-6)9-11-29-12-13-30-14-15-31-16-17-32-18-19-33-20-21-34-23-25(5,26)22-24(2,3)4/h7-23H2,1-6H3. The van der Waals surface area contributed by atoms with Crippen molar-refractivity contribution >= 4 is 7.85 Å². The Morgan fingerprint density at radius 2 is 0.971 bits per heavy atom. The number of methoxy groups -OCH3 is 1.